The highest BCUT2D eigenvalue weighted by Crippen LogP contribution is 2.31. The van der Waals surface area contributed by atoms with Gasteiger partial charge in [0.05, 0.1) is 0 Å². The van der Waals surface area contributed by atoms with Crippen molar-refractivity contribution in [2.75, 3.05) is 0 Å². The van der Waals surface area contributed by atoms with Crippen molar-refractivity contribution < 1.29 is 19.1 Å². The molecule has 0 aromatic carbocycles. The van der Waals surface area contributed by atoms with Gasteiger partial charge in [0.15, 0.2) is 29.6 Å². The number of carbonyl (C=O) groups is 2. The van der Waals surface area contributed by atoms with Crippen LogP contribution in [0, 0.1) is 0 Å². The lowest BCUT2D eigenvalue weighted by atomic mass is 9.98. The molecule has 0 aliphatic carbocycles. The zero-order valence-electron chi connectivity index (χ0n) is 15.4. The van der Waals surface area contributed by atoms with Gasteiger partial charge in [-0.15, -0.1) is 0 Å². The molecule has 0 bridgehead atoms. The zero-order chi connectivity index (χ0) is 17.3. The third kappa shape index (κ3) is 7.13. The molecule has 1 rings (SSSR count). The van der Waals surface area contributed by atoms with E-state index in [0.29, 0.717) is 12.8 Å². The number of unbranched alkanes of at least 4 members (excludes halogenated alkanes) is 6. The van der Waals surface area contributed by atoms with Gasteiger partial charge >= 0.3 is 0 Å². The maximum absolute atomic E-state index is 12.4. The third-order valence-electron chi connectivity index (χ3n) is 4.28. The maximum Gasteiger partial charge on any atom is 0.165 e. The van der Waals surface area contributed by atoms with E-state index in [0.717, 1.165) is 51.4 Å². The van der Waals surface area contributed by atoms with Gasteiger partial charge in [-0.1, -0.05) is 52.4 Å². The number of hydrogen-bond donors (Lipinski definition) is 0. The summed E-state index contributed by atoms with van der Waals surface area (Å²) in [4.78, 5) is 24.9. The molecular weight excluding hydrogens is 292 g/mol. The molecule has 1 heterocycles. The van der Waals surface area contributed by atoms with Crippen molar-refractivity contribution >= 4 is 11.6 Å². The molecule has 2 atom stereocenters. The summed E-state index contributed by atoms with van der Waals surface area (Å²) >= 11 is 0. The normalized spacial score (nSPS) is 23.1. The van der Waals surface area contributed by atoms with Gasteiger partial charge in [-0.2, -0.15) is 0 Å². The van der Waals surface area contributed by atoms with Crippen molar-refractivity contribution in [2.45, 2.75) is 110 Å². The van der Waals surface area contributed by atoms with Crippen LogP contribution in [-0.4, -0.2) is 29.6 Å². The number of ketones is 2. The minimum absolute atomic E-state index is 0.0126. The molecule has 0 aromatic heterocycles. The van der Waals surface area contributed by atoms with Crippen LogP contribution in [0.15, 0.2) is 0 Å². The van der Waals surface area contributed by atoms with E-state index in [9.17, 15) is 9.59 Å². The number of ether oxygens (including phenoxy) is 2. The lowest BCUT2D eigenvalue weighted by Crippen LogP contribution is -2.37. The zero-order valence-corrected chi connectivity index (χ0v) is 15.4. The molecule has 4 nitrogen and oxygen atoms in total. The van der Waals surface area contributed by atoms with E-state index >= 15 is 0 Å². The minimum atomic E-state index is -0.854. The molecule has 0 amide bonds. The van der Waals surface area contributed by atoms with Crippen LogP contribution in [0.1, 0.15) is 91.9 Å². The second-order valence-electron chi connectivity index (χ2n) is 7.03. The standard InChI is InChI=1S/C19H34O4/c1-5-7-9-11-13-15(20)17-18(23-19(3,4)22-17)16(21)14-12-10-8-6-2/h17-18H,5-14H2,1-4H3/t17-,18-/m1/s1. The summed E-state index contributed by atoms with van der Waals surface area (Å²) in [5, 5.41) is 0. The van der Waals surface area contributed by atoms with Crippen LogP contribution in [0.3, 0.4) is 0 Å². The van der Waals surface area contributed by atoms with E-state index in [1.807, 2.05) is 0 Å². The highest BCUT2D eigenvalue weighted by atomic mass is 16.8. The molecule has 1 saturated heterocycles. The Kier molecular flexibility index (Phi) is 9.00. The van der Waals surface area contributed by atoms with E-state index in [1.54, 1.807) is 13.8 Å². The Balaban J connectivity index is 2.53. The van der Waals surface area contributed by atoms with Gasteiger partial charge in [-0.25, -0.2) is 0 Å². The van der Waals surface area contributed by atoms with Crippen LogP contribution in [0.25, 0.3) is 0 Å². The van der Waals surface area contributed by atoms with Gasteiger partial charge in [0, 0.05) is 12.8 Å². The van der Waals surface area contributed by atoms with Gasteiger partial charge in [0.2, 0.25) is 0 Å². The van der Waals surface area contributed by atoms with Crippen molar-refractivity contribution in [3.8, 4) is 0 Å². The van der Waals surface area contributed by atoms with Crippen molar-refractivity contribution in [1.82, 2.24) is 0 Å². The number of carbonyl (C=O) groups excluding carboxylic acids is 2. The van der Waals surface area contributed by atoms with Gasteiger partial charge in [0.1, 0.15) is 0 Å². The molecule has 1 aliphatic heterocycles. The number of rotatable bonds is 12. The fraction of sp³-hybridized carbons (Fsp3) is 0.895. The van der Waals surface area contributed by atoms with Crippen LogP contribution >= 0.6 is 0 Å². The topological polar surface area (TPSA) is 52.6 Å². The lowest BCUT2D eigenvalue weighted by Gasteiger charge is -2.16. The Morgan fingerprint density at radius 2 is 1.13 bits per heavy atom. The highest BCUT2D eigenvalue weighted by Gasteiger charge is 2.47. The van der Waals surface area contributed by atoms with Crippen molar-refractivity contribution in [3.63, 3.8) is 0 Å². The number of hydrogen-bond acceptors (Lipinski definition) is 4. The Hall–Kier alpha value is -0.740. The SMILES string of the molecule is CCCCCCC(=O)[C@H]1OC(C)(C)O[C@@H]1C(=O)CCCCCC. The molecule has 0 radical (unpaired) electrons. The summed E-state index contributed by atoms with van der Waals surface area (Å²) in [6, 6.07) is 0. The molecule has 1 aliphatic rings. The van der Waals surface area contributed by atoms with Gasteiger partial charge < -0.3 is 9.47 Å². The largest absolute Gasteiger partial charge is 0.336 e. The molecule has 134 valence electrons. The quantitative estimate of drug-likeness (QED) is 0.492. The Morgan fingerprint density at radius 1 is 0.739 bits per heavy atom. The maximum atomic E-state index is 12.4. The molecule has 0 unspecified atom stereocenters. The first-order valence-electron chi connectivity index (χ1n) is 9.32. The summed E-state index contributed by atoms with van der Waals surface area (Å²) in [6.07, 6.45) is 7.91. The summed E-state index contributed by atoms with van der Waals surface area (Å²) in [5.41, 5.74) is 0. The summed E-state index contributed by atoms with van der Waals surface area (Å²) in [7, 11) is 0. The minimum Gasteiger partial charge on any atom is -0.336 e. The fourth-order valence-corrected chi connectivity index (χ4v) is 2.97. The monoisotopic (exact) mass is 326 g/mol. The van der Waals surface area contributed by atoms with Crippen LogP contribution in [0.5, 0.6) is 0 Å². The first-order valence-corrected chi connectivity index (χ1v) is 9.32. The van der Waals surface area contributed by atoms with Crippen molar-refractivity contribution in [2.24, 2.45) is 0 Å². The molecule has 4 heteroatoms. The summed E-state index contributed by atoms with van der Waals surface area (Å²) in [5.74, 6) is -0.829. The smallest absolute Gasteiger partial charge is 0.165 e. The van der Waals surface area contributed by atoms with Crippen LogP contribution in [0.2, 0.25) is 0 Å². The second-order valence-corrected chi connectivity index (χ2v) is 7.03. The first kappa shape index (κ1) is 20.3. The summed E-state index contributed by atoms with van der Waals surface area (Å²) < 4.78 is 11.5. The Morgan fingerprint density at radius 3 is 1.48 bits per heavy atom. The average Bonchev–Trinajstić information content (AvgIpc) is 2.84. The molecule has 0 spiro atoms. The van der Waals surface area contributed by atoms with E-state index < -0.39 is 18.0 Å². The van der Waals surface area contributed by atoms with Crippen molar-refractivity contribution in [3.05, 3.63) is 0 Å². The predicted molar refractivity (Wildman–Crippen MR) is 91.4 cm³/mol. The lowest BCUT2D eigenvalue weighted by molar-refractivity contribution is -0.158. The van der Waals surface area contributed by atoms with Crippen molar-refractivity contribution in [1.29, 1.82) is 0 Å². The van der Waals surface area contributed by atoms with Crippen LogP contribution in [0.4, 0.5) is 0 Å². The third-order valence-corrected chi connectivity index (χ3v) is 4.28. The van der Waals surface area contributed by atoms with Crippen LogP contribution in [-0.2, 0) is 19.1 Å². The van der Waals surface area contributed by atoms with Crippen LogP contribution < -0.4 is 0 Å². The molecule has 0 aromatic rings. The van der Waals surface area contributed by atoms with Gasteiger partial charge in [0.25, 0.3) is 0 Å². The molecule has 0 N–H and O–H groups in total. The predicted octanol–water partition coefficient (Wildman–Crippen LogP) is 4.59. The van der Waals surface area contributed by atoms with E-state index in [4.69, 9.17) is 9.47 Å². The summed E-state index contributed by atoms with van der Waals surface area (Å²) in [6.45, 7) is 7.83. The van der Waals surface area contributed by atoms with Gasteiger partial charge in [-0.3, -0.25) is 9.59 Å². The molecule has 1 fully saturated rings. The molecule has 23 heavy (non-hydrogen) atoms. The first-order chi connectivity index (χ1) is 10.9. The highest BCUT2D eigenvalue weighted by molar-refractivity contribution is 5.93. The van der Waals surface area contributed by atoms with E-state index in [-0.39, 0.29) is 11.6 Å². The fourth-order valence-electron chi connectivity index (χ4n) is 2.97. The number of Topliss-reactive ketones (excluding diaryl/α,β-unsaturated/α-hetero) is 2. The molecule has 0 saturated carbocycles. The second kappa shape index (κ2) is 10.2. The van der Waals surface area contributed by atoms with E-state index in [1.165, 1.54) is 0 Å². The van der Waals surface area contributed by atoms with Gasteiger partial charge in [-0.05, 0) is 26.7 Å². The Labute approximate surface area is 141 Å². The molecular formula is C19H34O4. The van der Waals surface area contributed by atoms with E-state index in [2.05, 4.69) is 13.8 Å². The average molecular weight is 326 g/mol. The Bertz CT molecular complexity index is 342.